The molecule has 0 amide bonds. The Kier molecular flexibility index (Phi) is 46.2. The van der Waals surface area contributed by atoms with Crippen molar-refractivity contribution in [3.05, 3.63) is 0 Å². The summed E-state index contributed by atoms with van der Waals surface area (Å²) in [5.74, 6) is -0.746. The highest BCUT2D eigenvalue weighted by Gasteiger charge is 2.59. The number of unbranched alkanes of at least 4 members (excludes halogenated alkanes) is 23. The van der Waals surface area contributed by atoms with Crippen molar-refractivity contribution < 1.29 is 187 Å². The van der Waals surface area contributed by atoms with Gasteiger partial charge >= 0.3 is 19.8 Å². The SMILES string of the molecule is CCCCCCCCCCCCCCCC(=O)OCC(CO[C@H]1C(OP(=O)(O)O)[C@H](O[C@H]2O[C@H](CO[C@H]3O[C@H](CO[C@H]4O[C@H](CO)[C@@H](O)[C@H](O)[C@@H]4O[C@H]4O[C@H](CO)[C@@H](O)[C@H](O)[C@@H]4O[C@H]4O[C@H](CO)[C@@H](O)[C@H](O)[C@@H]4O)[C@@H](O)[C@H](O)[C@@H]3O)[C@@H](O)[C@H](O)[C@@H]2O)[C@H](O)C(O)[C@@H]1O)OC(=O)CCCCCCCC(C)CCCCCCCCCC. The molecule has 4 unspecified atom stereocenters. The first-order valence-corrected chi connectivity index (χ1v) is 42.8. The fraction of sp³-hybridized carbons (Fsp3) is 0.973. The molecule has 0 aromatic rings. The summed E-state index contributed by atoms with van der Waals surface area (Å²) in [6.07, 6.45) is -35.8. The zero-order valence-electron chi connectivity index (χ0n) is 66.0. The van der Waals surface area contributed by atoms with Gasteiger partial charge in [-0.05, 0) is 18.8 Å². The van der Waals surface area contributed by atoms with E-state index in [4.69, 9.17) is 66.1 Å². The van der Waals surface area contributed by atoms with Crippen LogP contribution in [0.1, 0.15) is 213 Å². The summed E-state index contributed by atoms with van der Waals surface area (Å²) in [5, 5.41) is 208. The smallest absolute Gasteiger partial charge is 0.462 e. The van der Waals surface area contributed by atoms with Gasteiger partial charge in [-0.1, -0.05) is 188 Å². The van der Waals surface area contributed by atoms with Crippen molar-refractivity contribution in [1.29, 1.82) is 0 Å². The molecule has 21 N–H and O–H groups in total. The maximum atomic E-state index is 13.5. The molecule has 39 heteroatoms. The van der Waals surface area contributed by atoms with E-state index in [0.29, 0.717) is 25.2 Å². The van der Waals surface area contributed by atoms with Crippen molar-refractivity contribution in [1.82, 2.24) is 0 Å². The van der Waals surface area contributed by atoms with Crippen molar-refractivity contribution in [3.8, 4) is 0 Å². The number of esters is 2. The minimum Gasteiger partial charge on any atom is -0.462 e. The standard InChI is InChI=1S/C75H137O38P/c1-4-6-8-10-12-14-15-16-17-18-20-24-28-32-48(79)100-37-42(104-49(80)33-29-25-21-23-27-31-41(3)30-26-22-19-13-11-9-7-5-2)38-101-66-61(92)58(89)62(93)67(70(66)113-114(97,98)99)110-73-65(96)57(88)54(85)47(109-73)39-102-71-63(94)56(87)53(84)46(108-71)40-103-74-68(59(90)51(82)44(35-77)106-74)112-75-69(60(91)52(83)45(36-78)107-75)111-72-64(95)55(86)50(81)43(34-76)105-72/h41-47,50-78,81-96H,4-40H2,1-3H3,(H2,97,98,99)/t41?,42?,43-,44-,45-,46-,47-,50-,51-,52-,53-,54-,55+,56+,57+,58?,59+,60+,61+,62-,63+,64+,65+,66-,67-,68+,69+,70?,71+,72-,73-,74+,75-/m1/s1. The molecule has 5 heterocycles. The summed E-state index contributed by atoms with van der Waals surface area (Å²) >= 11 is 0. The molecule has 0 radical (unpaired) electrons. The number of hydrogen-bond acceptors (Lipinski definition) is 36. The number of ether oxygens (including phenoxy) is 13. The predicted octanol–water partition coefficient (Wildman–Crippen LogP) is -1.74. The normalized spacial score (nSPS) is 37.6. The molecule has 670 valence electrons. The number of phosphoric ester groups is 1. The van der Waals surface area contributed by atoms with Crippen molar-refractivity contribution in [2.24, 2.45) is 5.92 Å². The van der Waals surface area contributed by atoms with E-state index in [1.54, 1.807) is 0 Å². The lowest BCUT2D eigenvalue weighted by Crippen LogP contribution is -2.68. The predicted molar refractivity (Wildman–Crippen MR) is 394 cm³/mol. The molecule has 114 heavy (non-hydrogen) atoms. The van der Waals surface area contributed by atoms with E-state index in [-0.39, 0.29) is 12.8 Å². The lowest BCUT2D eigenvalue weighted by Gasteiger charge is -2.48. The maximum Gasteiger partial charge on any atom is 0.470 e. The molecule has 0 aromatic heterocycles. The van der Waals surface area contributed by atoms with E-state index in [9.17, 15) is 121 Å². The first-order chi connectivity index (χ1) is 54.4. The van der Waals surface area contributed by atoms with Gasteiger partial charge in [-0.25, -0.2) is 4.57 Å². The number of carbonyl (C=O) groups excluding carboxylic acids is 2. The lowest BCUT2D eigenvalue weighted by atomic mass is 9.84. The van der Waals surface area contributed by atoms with Crippen LogP contribution in [0.3, 0.4) is 0 Å². The topological polar surface area (TPSA) is 605 Å². The second-order valence-corrected chi connectivity index (χ2v) is 32.6. The molecule has 33 atom stereocenters. The van der Waals surface area contributed by atoms with Crippen LogP contribution in [0.5, 0.6) is 0 Å². The van der Waals surface area contributed by atoms with Gasteiger partial charge in [0.25, 0.3) is 0 Å². The Morgan fingerprint density at radius 3 is 1.11 bits per heavy atom. The number of aliphatic hydroxyl groups is 19. The van der Waals surface area contributed by atoms with Gasteiger partial charge in [0, 0.05) is 12.8 Å². The highest BCUT2D eigenvalue weighted by atomic mass is 31.2. The van der Waals surface area contributed by atoms with Crippen molar-refractivity contribution >= 4 is 19.8 Å². The van der Waals surface area contributed by atoms with Crippen LogP contribution < -0.4 is 0 Å². The lowest BCUT2D eigenvalue weighted by molar-refractivity contribution is -0.395. The third-order valence-electron chi connectivity index (χ3n) is 22.2. The molecular formula is C75H137O38P. The number of phosphoric acid groups is 1. The minimum absolute atomic E-state index is 0.0233. The van der Waals surface area contributed by atoms with Crippen LogP contribution >= 0.6 is 7.82 Å². The zero-order valence-corrected chi connectivity index (χ0v) is 66.9. The molecule has 0 aromatic carbocycles. The zero-order chi connectivity index (χ0) is 83.8. The van der Waals surface area contributed by atoms with Gasteiger partial charge in [-0.2, -0.15) is 0 Å². The summed E-state index contributed by atoms with van der Waals surface area (Å²) in [7, 11) is -5.78. The fourth-order valence-electron chi connectivity index (χ4n) is 15.0. The second kappa shape index (κ2) is 52.3. The summed E-state index contributed by atoms with van der Waals surface area (Å²) in [6.45, 7) is 0.369. The minimum atomic E-state index is -5.78. The Morgan fingerprint density at radius 1 is 0.333 bits per heavy atom. The van der Waals surface area contributed by atoms with E-state index in [2.05, 4.69) is 20.8 Å². The molecule has 1 saturated carbocycles. The molecule has 5 aliphatic heterocycles. The molecule has 0 spiro atoms. The van der Waals surface area contributed by atoms with Crippen molar-refractivity contribution in [3.63, 3.8) is 0 Å². The van der Waals surface area contributed by atoms with Crippen LogP contribution in [0, 0.1) is 5.92 Å². The summed E-state index contributed by atoms with van der Waals surface area (Å²) < 4.78 is 92.5. The third-order valence-corrected chi connectivity index (χ3v) is 22.7. The Hall–Kier alpha value is -2.15. The molecule has 1 aliphatic carbocycles. The van der Waals surface area contributed by atoms with Gasteiger partial charge in [0.15, 0.2) is 37.6 Å². The third kappa shape index (κ3) is 31.3. The quantitative estimate of drug-likeness (QED) is 0.0183. The number of hydrogen-bond donors (Lipinski definition) is 21. The molecule has 6 rings (SSSR count). The first kappa shape index (κ1) is 101. The highest BCUT2D eigenvalue weighted by molar-refractivity contribution is 7.46. The molecule has 6 fully saturated rings. The van der Waals surface area contributed by atoms with E-state index in [1.807, 2.05) is 0 Å². The highest BCUT2D eigenvalue weighted by Crippen LogP contribution is 2.44. The Bertz CT molecular complexity index is 2650. The molecular weight excluding hydrogens is 1540 g/mol. The number of rotatable bonds is 54. The van der Waals surface area contributed by atoms with Gasteiger partial charge < -0.3 is 168 Å². The second-order valence-electron chi connectivity index (χ2n) is 31.4. The van der Waals surface area contributed by atoms with E-state index < -0.39 is 262 Å². The monoisotopic (exact) mass is 1680 g/mol. The van der Waals surface area contributed by atoms with Gasteiger partial charge in [-0.3, -0.25) is 14.1 Å². The summed E-state index contributed by atoms with van der Waals surface area (Å²) in [4.78, 5) is 47.3. The largest absolute Gasteiger partial charge is 0.470 e. The van der Waals surface area contributed by atoms with Gasteiger partial charge in [0.2, 0.25) is 0 Å². The van der Waals surface area contributed by atoms with Gasteiger partial charge in [0.1, 0.15) is 165 Å². The summed E-state index contributed by atoms with van der Waals surface area (Å²) in [6, 6.07) is 0. The number of carbonyl (C=O) groups is 2. The van der Waals surface area contributed by atoms with Crippen LogP contribution in [0.15, 0.2) is 0 Å². The maximum absolute atomic E-state index is 13.5. The van der Waals surface area contributed by atoms with Gasteiger partial charge in [0.05, 0.1) is 39.6 Å². The van der Waals surface area contributed by atoms with Crippen LogP contribution in [-0.4, -0.2) is 361 Å². The number of aliphatic hydroxyl groups excluding tert-OH is 19. The average molecular weight is 1680 g/mol. The molecule has 0 bridgehead atoms. The van der Waals surface area contributed by atoms with E-state index in [0.717, 1.165) is 57.8 Å². The van der Waals surface area contributed by atoms with Crippen LogP contribution in [0.2, 0.25) is 0 Å². The fourth-order valence-corrected chi connectivity index (χ4v) is 15.6. The van der Waals surface area contributed by atoms with Crippen molar-refractivity contribution in [2.75, 3.05) is 46.2 Å². The van der Waals surface area contributed by atoms with Crippen molar-refractivity contribution in [2.45, 2.75) is 410 Å². The van der Waals surface area contributed by atoms with Gasteiger partial charge in [-0.15, -0.1) is 0 Å². The van der Waals surface area contributed by atoms with Crippen LogP contribution in [0.25, 0.3) is 0 Å². The molecule has 38 nitrogen and oxygen atoms in total. The molecule has 5 saturated heterocycles. The Balaban J connectivity index is 1.10. The Morgan fingerprint density at radius 2 is 0.658 bits per heavy atom. The Labute approximate surface area is 666 Å². The van der Waals surface area contributed by atoms with E-state index in [1.165, 1.54) is 103 Å². The van der Waals surface area contributed by atoms with E-state index >= 15 is 0 Å². The molecule has 6 aliphatic rings. The average Bonchev–Trinajstić information content (AvgIpc) is 0.773. The first-order valence-electron chi connectivity index (χ1n) is 41.3. The summed E-state index contributed by atoms with van der Waals surface area (Å²) in [5.41, 5.74) is 0. The van der Waals surface area contributed by atoms with Crippen LogP contribution in [-0.2, 0) is 80.3 Å². The van der Waals surface area contributed by atoms with Crippen LogP contribution in [0.4, 0.5) is 0 Å².